The van der Waals surface area contributed by atoms with Crippen LogP contribution < -0.4 is 5.32 Å². The Balaban J connectivity index is 2.10. The summed E-state index contributed by atoms with van der Waals surface area (Å²) in [4.78, 5) is 21.8. The van der Waals surface area contributed by atoms with Gasteiger partial charge in [-0.05, 0) is 18.8 Å². The van der Waals surface area contributed by atoms with Gasteiger partial charge in [0.25, 0.3) is 5.91 Å². The highest BCUT2D eigenvalue weighted by Gasteiger charge is 2.20. The Labute approximate surface area is 114 Å². The SMILES string of the molecule is Cc1nn(C)cc1C(C)NC(=O)c1cc([N+](=O)[O-])[nH]n1. The Morgan fingerprint density at radius 3 is 2.80 bits per heavy atom. The highest BCUT2D eigenvalue weighted by Crippen LogP contribution is 2.16. The van der Waals surface area contributed by atoms with Crippen molar-refractivity contribution in [1.82, 2.24) is 25.3 Å². The first-order valence-electron chi connectivity index (χ1n) is 5.89. The minimum atomic E-state index is -0.640. The molecule has 2 aromatic heterocycles. The van der Waals surface area contributed by atoms with Crippen LogP contribution in [-0.4, -0.2) is 30.8 Å². The summed E-state index contributed by atoms with van der Waals surface area (Å²) in [5, 5.41) is 23.2. The molecule has 1 amide bonds. The highest BCUT2D eigenvalue weighted by atomic mass is 16.6. The standard InChI is InChI=1S/C11H14N6O3/c1-6(8-5-16(3)15-7(8)2)12-11(18)9-4-10(14-13-9)17(19)20/h4-6H,1-3H3,(H,12,18)(H,13,14). The molecule has 0 saturated heterocycles. The van der Waals surface area contributed by atoms with Crippen molar-refractivity contribution in [2.24, 2.45) is 7.05 Å². The largest absolute Gasteiger partial charge is 0.358 e. The molecule has 0 spiro atoms. The third-order valence-electron chi connectivity index (χ3n) is 2.86. The molecule has 9 heteroatoms. The van der Waals surface area contributed by atoms with Gasteiger partial charge >= 0.3 is 5.82 Å². The lowest BCUT2D eigenvalue weighted by Crippen LogP contribution is -2.27. The van der Waals surface area contributed by atoms with Crippen LogP contribution in [0.15, 0.2) is 12.3 Å². The summed E-state index contributed by atoms with van der Waals surface area (Å²) in [5.41, 5.74) is 1.67. The molecular weight excluding hydrogens is 264 g/mol. The highest BCUT2D eigenvalue weighted by molar-refractivity contribution is 5.93. The molecule has 0 aliphatic carbocycles. The number of amides is 1. The van der Waals surface area contributed by atoms with Crippen molar-refractivity contribution in [2.75, 3.05) is 0 Å². The molecule has 2 N–H and O–H groups in total. The molecule has 106 valence electrons. The number of nitrogens with zero attached hydrogens (tertiary/aromatic N) is 4. The molecule has 0 fully saturated rings. The van der Waals surface area contributed by atoms with Gasteiger partial charge in [0.15, 0.2) is 5.69 Å². The molecule has 2 rings (SSSR count). The third-order valence-corrected chi connectivity index (χ3v) is 2.86. The van der Waals surface area contributed by atoms with Crippen LogP contribution in [-0.2, 0) is 7.05 Å². The molecule has 2 aromatic rings. The second-order valence-electron chi connectivity index (χ2n) is 4.43. The molecule has 0 aromatic carbocycles. The van der Waals surface area contributed by atoms with Crippen LogP contribution in [0.1, 0.15) is 34.7 Å². The zero-order valence-corrected chi connectivity index (χ0v) is 11.2. The molecule has 0 aliphatic heterocycles. The van der Waals surface area contributed by atoms with Crippen molar-refractivity contribution >= 4 is 11.7 Å². The summed E-state index contributed by atoms with van der Waals surface area (Å²) in [5.74, 6) is -0.800. The van der Waals surface area contributed by atoms with Gasteiger partial charge in [-0.2, -0.15) is 5.10 Å². The fourth-order valence-corrected chi connectivity index (χ4v) is 1.91. The van der Waals surface area contributed by atoms with Gasteiger partial charge in [0.05, 0.1) is 17.8 Å². The van der Waals surface area contributed by atoms with Gasteiger partial charge in [0, 0.05) is 18.8 Å². The fourth-order valence-electron chi connectivity index (χ4n) is 1.91. The van der Waals surface area contributed by atoms with Gasteiger partial charge in [0.2, 0.25) is 0 Å². The van der Waals surface area contributed by atoms with Gasteiger partial charge in [-0.1, -0.05) is 5.10 Å². The van der Waals surface area contributed by atoms with Crippen LogP contribution in [0.4, 0.5) is 5.82 Å². The number of aromatic nitrogens is 4. The number of hydrogen-bond acceptors (Lipinski definition) is 5. The maximum absolute atomic E-state index is 11.9. The Morgan fingerprint density at radius 1 is 1.60 bits per heavy atom. The summed E-state index contributed by atoms with van der Waals surface area (Å²) in [6, 6.07) is 0.824. The first-order valence-corrected chi connectivity index (χ1v) is 5.89. The van der Waals surface area contributed by atoms with Gasteiger partial charge in [0.1, 0.15) is 0 Å². The van der Waals surface area contributed by atoms with Crippen molar-refractivity contribution in [3.8, 4) is 0 Å². The second-order valence-corrected chi connectivity index (χ2v) is 4.43. The van der Waals surface area contributed by atoms with Crippen molar-refractivity contribution < 1.29 is 9.72 Å². The first-order chi connectivity index (χ1) is 9.38. The molecule has 1 atom stereocenters. The number of hydrogen-bond donors (Lipinski definition) is 2. The summed E-state index contributed by atoms with van der Waals surface area (Å²) in [6.45, 7) is 3.65. The monoisotopic (exact) mass is 278 g/mol. The molecule has 0 radical (unpaired) electrons. The van der Waals surface area contributed by atoms with E-state index in [4.69, 9.17) is 0 Å². The minimum absolute atomic E-state index is 0.0231. The van der Waals surface area contributed by atoms with Crippen molar-refractivity contribution in [2.45, 2.75) is 19.9 Å². The van der Waals surface area contributed by atoms with E-state index in [1.807, 2.05) is 20.0 Å². The number of aryl methyl sites for hydroxylation is 2. The normalized spacial score (nSPS) is 12.2. The van der Waals surface area contributed by atoms with E-state index < -0.39 is 10.8 Å². The van der Waals surface area contributed by atoms with Crippen molar-refractivity contribution in [3.63, 3.8) is 0 Å². The summed E-state index contributed by atoms with van der Waals surface area (Å²) < 4.78 is 1.66. The molecule has 9 nitrogen and oxygen atoms in total. The lowest BCUT2D eigenvalue weighted by atomic mass is 10.1. The number of carbonyl (C=O) groups is 1. The minimum Gasteiger partial charge on any atom is -0.358 e. The van der Waals surface area contributed by atoms with E-state index in [1.165, 1.54) is 0 Å². The van der Waals surface area contributed by atoms with Gasteiger partial charge < -0.3 is 15.4 Å². The fraction of sp³-hybridized carbons (Fsp3) is 0.364. The van der Waals surface area contributed by atoms with Gasteiger partial charge in [-0.3, -0.25) is 9.48 Å². The summed E-state index contributed by atoms with van der Waals surface area (Å²) in [7, 11) is 1.79. The number of H-pyrrole nitrogens is 1. The smallest absolute Gasteiger partial charge is 0.343 e. The quantitative estimate of drug-likeness (QED) is 0.634. The molecule has 0 aliphatic rings. The van der Waals surface area contributed by atoms with Gasteiger partial charge in [-0.15, -0.1) is 5.10 Å². The van der Waals surface area contributed by atoms with E-state index in [0.29, 0.717) is 0 Å². The first kappa shape index (κ1) is 13.7. The van der Waals surface area contributed by atoms with Crippen LogP contribution in [0.5, 0.6) is 0 Å². The van der Waals surface area contributed by atoms with Crippen LogP contribution in [0.25, 0.3) is 0 Å². The Kier molecular flexibility index (Phi) is 3.51. The zero-order valence-electron chi connectivity index (χ0n) is 11.2. The number of nitro groups is 1. The van der Waals surface area contributed by atoms with E-state index in [0.717, 1.165) is 17.3 Å². The van der Waals surface area contributed by atoms with Crippen molar-refractivity contribution in [3.05, 3.63) is 39.3 Å². The molecule has 0 bridgehead atoms. The van der Waals surface area contributed by atoms with Crippen LogP contribution in [0, 0.1) is 17.0 Å². The summed E-state index contributed by atoms with van der Waals surface area (Å²) >= 11 is 0. The van der Waals surface area contributed by atoms with E-state index in [9.17, 15) is 14.9 Å². The molecule has 1 unspecified atom stereocenters. The van der Waals surface area contributed by atoms with Gasteiger partial charge in [-0.25, -0.2) is 0 Å². The number of nitrogens with one attached hydrogen (secondary N) is 2. The Hall–Kier alpha value is -2.71. The van der Waals surface area contributed by atoms with Crippen LogP contribution in [0.3, 0.4) is 0 Å². The van der Waals surface area contributed by atoms with E-state index >= 15 is 0 Å². The predicted molar refractivity (Wildman–Crippen MR) is 69.1 cm³/mol. The molecule has 0 saturated carbocycles. The van der Waals surface area contributed by atoms with Crippen LogP contribution >= 0.6 is 0 Å². The van der Waals surface area contributed by atoms with E-state index in [-0.39, 0.29) is 17.6 Å². The maximum Gasteiger partial charge on any atom is 0.343 e. The molecule has 2 heterocycles. The number of carbonyl (C=O) groups excluding carboxylic acids is 1. The molecule has 20 heavy (non-hydrogen) atoms. The predicted octanol–water partition coefficient (Wildman–Crippen LogP) is 0.851. The Morgan fingerprint density at radius 2 is 2.30 bits per heavy atom. The average Bonchev–Trinajstić information content (AvgIpc) is 2.95. The maximum atomic E-state index is 11.9. The summed E-state index contributed by atoms with van der Waals surface area (Å²) in [6.07, 6.45) is 1.81. The Bertz CT molecular complexity index is 659. The van der Waals surface area contributed by atoms with Crippen LogP contribution in [0.2, 0.25) is 0 Å². The van der Waals surface area contributed by atoms with E-state index in [1.54, 1.807) is 11.7 Å². The van der Waals surface area contributed by atoms with E-state index in [2.05, 4.69) is 20.6 Å². The lowest BCUT2D eigenvalue weighted by molar-refractivity contribution is -0.389. The second kappa shape index (κ2) is 5.11. The average molecular weight is 278 g/mol. The zero-order chi connectivity index (χ0) is 14.9. The number of rotatable bonds is 4. The van der Waals surface area contributed by atoms with Crippen molar-refractivity contribution in [1.29, 1.82) is 0 Å². The molecular formula is C11H14N6O3. The topological polar surface area (TPSA) is 119 Å². The number of aromatic amines is 1. The lowest BCUT2D eigenvalue weighted by Gasteiger charge is -2.11. The third kappa shape index (κ3) is 2.66.